The van der Waals surface area contributed by atoms with Crippen LogP contribution in [0.15, 0.2) is 0 Å². The summed E-state index contributed by atoms with van der Waals surface area (Å²) in [6, 6.07) is 1.72. The Morgan fingerprint density at radius 2 is 1.77 bits per heavy atom. The van der Waals surface area contributed by atoms with Gasteiger partial charge in [0.15, 0.2) is 0 Å². The highest BCUT2D eigenvalue weighted by atomic mass is 15.2. The highest BCUT2D eigenvalue weighted by Gasteiger charge is 2.38. The lowest BCUT2D eigenvalue weighted by molar-refractivity contribution is 0.0116. The first-order chi connectivity index (χ1) is 6.20. The van der Waals surface area contributed by atoms with Crippen molar-refractivity contribution in [1.82, 2.24) is 4.90 Å². The van der Waals surface area contributed by atoms with Gasteiger partial charge in [0.2, 0.25) is 0 Å². The van der Waals surface area contributed by atoms with E-state index in [4.69, 9.17) is 0 Å². The van der Waals surface area contributed by atoms with Crippen LogP contribution in [0.5, 0.6) is 0 Å². The predicted octanol–water partition coefficient (Wildman–Crippen LogP) is 2.91. The van der Waals surface area contributed by atoms with E-state index >= 15 is 0 Å². The molecule has 1 nitrogen and oxygen atoms in total. The van der Waals surface area contributed by atoms with Gasteiger partial charge in [0.25, 0.3) is 0 Å². The first kappa shape index (κ1) is 9.51. The Hall–Kier alpha value is -0.0400. The molecule has 1 aliphatic carbocycles. The SMILES string of the molecule is C[C@@H]1CC[C@H]2CCC[C@H](C)[C@@H]2N1C. The number of rotatable bonds is 0. The number of piperidine rings is 1. The van der Waals surface area contributed by atoms with Crippen molar-refractivity contribution in [1.29, 1.82) is 0 Å². The van der Waals surface area contributed by atoms with Gasteiger partial charge in [-0.25, -0.2) is 0 Å². The van der Waals surface area contributed by atoms with Crippen molar-refractivity contribution in [3.8, 4) is 0 Å². The summed E-state index contributed by atoms with van der Waals surface area (Å²) in [7, 11) is 2.34. The fourth-order valence-electron chi connectivity index (χ4n) is 3.51. The fraction of sp³-hybridized carbons (Fsp3) is 1.00. The lowest BCUT2D eigenvalue weighted by Crippen LogP contribution is -2.52. The molecule has 76 valence electrons. The molecule has 0 N–H and O–H groups in total. The molecule has 1 saturated heterocycles. The average molecular weight is 181 g/mol. The molecule has 13 heavy (non-hydrogen) atoms. The van der Waals surface area contributed by atoms with E-state index in [1.54, 1.807) is 0 Å². The van der Waals surface area contributed by atoms with Gasteiger partial charge in [-0.3, -0.25) is 0 Å². The third-order valence-corrected chi connectivity index (χ3v) is 4.42. The van der Waals surface area contributed by atoms with Crippen molar-refractivity contribution in [3.05, 3.63) is 0 Å². The Bertz CT molecular complexity index is 176. The smallest absolute Gasteiger partial charge is 0.0149 e. The second kappa shape index (κ2) is 3.61. The molecule has 1 heterocycles. The molecule has 0 unspecified atom stereocenters. The molecular formula is C12H23N. The highest BCUT2D eigenvalue weighted by molar-refractivity contribution is 4.92. The van der Waals surface area contributed by atoms with E-state index in [-0.39, 0.29) is 0 Å². The fourth-order valence-corrected chi connectivity index (χ4v) is 3.51. The first-order valence-electron chi connectivity index (χ1n) is 5.92. The van der Waals surface area contributed by atoms with Crippen LogP contribution in [0.25, 0.3) is 0 Å². The summed E-state index contributed by atoms with van der Waals surface area (Å²) >= 11 is 0. The van der Waals surface area contributed by atoms with Crippen LogP contribution in [0.4, 0.5) is 0 Å². The Morgan fingerprint density at radius 3 is 2.54 bits per heavy atom. The van der Waals surface area contributed by atoms with Crippen LogP contribution in [-0.2, 0) is 0 Å². The summed E-state index contributed by atoms with van der Waals surface area (Å²) in [6.45, 7) is 4.84. The number of nitrogens with zero attached hydrogens (tertiary/aromatic N) is 1. The highest BCUT2D eigenvalue weighted by Crippen LogP contribution is 2.39. The molecule has 0 spiro atoms. The number of fused-ring (bicyclic) bond motifs is 1. The lowest BCUT2D eigenvalue weighted by atomic mass is 9.72. The maximum absolute atomic E-state index is 2.65. The molecule has 1 heteroatoms. The molecule has 4 atom stereocenters. The van der Waals surface area contributed by atoms with E-state index < -0.39 is 0 Å². The van der Waals surface area contributed by atoms with E-state index in [1.807, 2.05) is 0 Å². The normalized spacial score (nSPS) is 47.3. The maximum atomic E-state index is 2.65. The molecule has 2 aliphatic rings. The quantitative estimate of drug-likeness (QED) is 0.555. The monoisotopic (exact) mass is 181 g/mol. The van der Waals surface area contributed by atoms with Crippen molar-refractivity contribution >= 4 is 0 Å². The van der Waals surface area contributed by atoms with Crippen molar-refractivity contribution in [2.75, 3.05) is 7.05 Å². The second-order valence-electron chi connectivity index (χ2n) is 5.25. The molecule has 0 amide bonds. The molecule has 1 saturated carbocycles. The van der Waals surface area contributed by atoms with Crippen LogP contribution in [0, 0.1) is 11.8 Å². The zero-order valence-electron chi connectivity index (χ0n) is 9.29. The summed E-state index contributed by atoms with van der Waals surface area (Å²) in [5.41, 5.74) is 0. The maximum Gasteiger partial charge on any atom is 0.0149 e. The summed E-state index contributed by atoms with van der Waals surface area (Å²) in [5, 5.41) is 0. The van der Waals surface area contributed by atoms with Crippen molar-refractivity contribution in [2.24, 2.45) is 11.8 Å². The first-order valence-corrected chi connectivity index (χ1v) is 5.92. The zero-order chi connectivity index (χ0) is 9.42. The van der Waals surface area contributed by atoms with E-state index in [2.05, 4.69) is 25.8 Å². The van der Waals surface area contributed by atoms with E-state index in [0.29, 0.717) is 0 Å². The van der Waals surface area contributed by atoms with Gasteiger partial charge < -0.3 is 4.90 Å². The Balaban J connectivity index is 2.10. The summed E-state index contributed by atoms with van der Waals surface area (Å²) in [6.07, 6.45) is 7.33. The minimum absolute atomic E-state index is 0.821. The Kier molecular flexibility index (Phi) is 2.64. The minimum Gasteiger partial charge on any atom is -0.300 e. The molecule has 0 bridgehead atoms. The summed E-state index contributed by atoms with van der Waals surface area (Å²) in [5.74, 6) is 1.96. The molecule has 2 fully saturated rings. The summed E-state index contributed by atoms with van der Waals surface area (Å²) in [4.78, 5) is 2.65. The molecule has 0 radical (unpaired) electrons. The number of hydrogen-bond acceptors (Lipinski definition) is 1. The number of hydrogen-bond donors (Lipinski definition) is 0. The van der Waals surface area contributed by atoms with Crippen molar-refractivity contribution < 1.29 is 0 Å². The van der Waals surface area contributed by atoms with E-state index in [9.17, 15) is 0 Å². The van der Waals surface area contributed by atoms with Gasteiger partial charge in [-0.1, -0.05) is 13.3 Å². The van der Waals surface area contributed by atoms with E-state index in [1.165, 1.54) is 32.1 Å². The van der Waals surface area contributed by atoms with Crippen molar-refractivity contribution in [3.63, 3.8) is 0 Å². The van der Waals surface area contributed by atoms with Gasteiger partial charge >= 0.3 is 0 Å². The standard InChI is InChI=1S/C12H23N/c1-9-5-4-6-11-8-7-10(2)13(3)12(9)11/h9-12H,4-8H2,1-3H3/t9-,10+,11+,12-/m0/s1. The Labute approximate surface area is 82.5 Å². The van der Waals surface area contributed by atoms with Crippen LogP contribution in [0.1, 0.15) is 46.0 Å². The van der Waals surface area contributed by atoms with Crippen LogP contribution >= 0.6 is 0 Å². The van der Waals surface area contributed by atoms with Crippen LogP contribution < -0.4 is 0 Å². The van der Waals surface area contributed by atoms with Gasteiger partial charge in [0.05, 0.1) is 0 Å². The predicted molar refractivity (Wildman–Crippen MR) is 56.8 cm³/mol. The molecule has 1 aliphatic heterocycles. The molecular weight excluding hydrogens is 158 g/mol. The van der Waals surface area contributed by atoms with Gasteiger partial charge in [0, 0.05) is 12.1 Å². The number of likely N-dealkylation sites (tertiary alicyclic amines) is 1. The lowest BCUT2D eigenvalue weighted by Gasteiger charge is -2.49. The average Bonchev–Trinajstić information content (AvgIpc) is 2.12. The second-order valence-corrected chi connectivity index (χ2v) is 5.25. The van der Waals surface area contributed by atoms with Crippen LogP contribution in [-0.4, -0.2) is 24.0 Å². The topological polar surface area (TPSA) is 3.24 Å². The summed E-state index contributed by atoms with van der Waals surface area (Å²) < 4.78 is 0. The Morgan fingerprint density at radius 1 is 1.00 bits per heavy atom. The van der Waals surface area contributed by atoms with E-state index in [0.717, 1.165) is 23.9 Å². The van der Waals surface area contributed by atoms with Gasteiger partial charge in [-0.15, -0.1) is 0 Å². The zero-order valence-corrected chi connectivity index (χ0v) is 9.29. The third kappa shape index (κ3) is 1.63. The van der Waals surface area contributed by atoms with Crippen LogP contribution in [0.3, 0.4) is 0 Å². The third-order valence-electron chi connectivity index (χ3n) is 4.42. The molecule has 0 aromatic heterocycles. The van der Waals surface area contributed by atoms with Gasteiger partial charge in [0.1, 0.15) is 0 Å². The van der Waals surface area contributed by atoms with Gasteiger partial charge in [-0.2, -0.15) is 0 Å². The molecule has 0 aromatic carbocycles. The molecule has 2 rings (SSSR count). The minimum atomic E-state index is 0.821. The van der Waals surface area contributed by atoms with Crippen molar-refractivity contribution in [2.45, 2.75) is 58.0 Å². The largest absolute Gasteiger partial charge is 0.300 e. The van der Waals surface area contributed by atoms with Gasteiger partial charge in [-0.05, 0) is 51.5 Å². The molecule has 0 aromatic rings. The van der Waals surface area contributed by atoms with Crippen LogP contribution in [0.2, 0.25) is 0 Å².